The number of benzene rings is 2. The number of hydrogen-bond donors (Lipinski definition) is 0. The summed E-state index contributed by atoms with van der Waals surface area (Å²) in [4.78, 5) is 12.5. The third-order valence-corrected chi connectivity index (χ3v) is 4.54. The smallest absolute Gasteiger partial charge is 0.163 e. The molecule has 0 atom stereocenters. The van der Waals surface area contributed by atoms with E-state index < -0.39 is 0 Å². The van der Waals surface area contributed by atoms with E-state index in [4.69, 9.17) is 4.74 Å². The molecular formula is C19H18O2. The molecule has 1 heterocycles. The predicted octanol–water partition coefficient (Wildman–Crippen LogP) is 4.42. The van der Waals surface area contributed by atoms with Crippen molar-refractivity contribution in [1.82, 2.24) is 0 Å². The van der Waals surface area contributed by atoms with Gasteiger partial charge >= 0.3 is 0 Å². The summed E-state index contributed by atoms with van der Waals surface area (Å²) in [5.41, 5.74) is 2.04. The third kappa shape index (κ3) is 1.98. The Kier molecular flexibility index (Phi) is 2.53. The van der Waals surface area contributed by atoms with E-state index >= 15 is 0 Å². The van der Waals surface area contributed by atoms with Gasteiger partial charge in [0.05, 0.1) is 0 Å². The molecule has 1 aliphatic carbocycles. The average Bonchev–Trinajstić information content (AvgIpc) is 2.44. The number of ether oxygens (including phenoxy) is 1. The largest absolute Gasteiger partial charge is 0.461 e. The fraction of sp³-hybridized carbons (Fsp3) is 0.316. The van der Waals surface area contributed by atoms with Gasteiger partial charge in [0, 0.05) is 30.4 Å². The highest BCUT2D eigenvalue weighted by Gasteiger charge is 2.36. The molecule has 106 valence electrons. The highest BCUT2D eigenvalue weighted by molar-refractivity contribution is 5.99. The molecule has 0 unspecified atom stereocenters. The molecule has 0 saturated heterocycles. The zero-order valence-corrected chi connectivity index (χ0v) is 12.4. The van der Waals surface area contributed by atoms with Gasteiger partial charge in [-0.2, -0.15) is 0 Å². The van der Waals surface area contributed by atoms with Crippen molar-refractivity contribution in [1.29, 1.82) is 0 Å². The Balaban J connectivity index is 1.86. The quantitative estimate of drug-likeness (QED) is 0.713. The van der Waals surface area contributed by atoms with Crippen molar-refractivity contribution in [3.63, 3.8) is 0 Å². The number of ketones is 1. The zero-order valence-electron chi connectivity index (χ0n) is 12.4. The summed E-state index contributed by atoms with van der Waals surface area (Å²) in [6.07, 6.45) is 2.18. The van der Waals surface area contributed by atoms with Crippen molar-refractivity contribution in [2.24, 2.45) is 5.41 Å². The molecule has 0 bridgehead atoms. The van der Waals surface area contributed by atoms with Crippen LogP contribution in [0.15, 0.2) is 47.7 Å². The Labute approximate surface area is 124 Å². The summed E-state index contributed by atoms with van der Waals surface area (Å²) < 4.78 is 6.11. The molecule has 2 aromatic carbocycles. The van der Waals surface area contributed by atoms with E-state index in [9.17, 15) is 4.79 Å². The first-order chi connectivity index (χ1) is 10.0. The standard InChI is InChI=1S/C19H18O2/c1-19(2)10-16(20)15-9-14-13-6-4-3-5-12(13)7-8-17(14)21-18(15)11-19/h3-8H,9-11H2,1-2H3. The molecule has 0 saturated carbocycles. The molecule has 0 radical (unpaired) electrons. The van der Waals surface area contributed by atoms with E-state index in [1.54, 1.807) is 0 Å². The van der Waals surface area contributed by atoms with E-state index in [1.807, 2.05) is 18.2 Å². The Morgan fingerprint density at radius 2 is 1.86 bits per heavy atom. The normalized spacial score (nSPS) is 20.0. The molecule has 2 aromatic rings. The van der Waals surface area contributed by atoms with Crippen molar-refractivity contribution >= 4 is 16.6 Å². The fourth-order valence-electron chi connectivity index (χ4n) is 3.50. The van der Waals surface area contributed by atoms with Crippen LogP contribution in [0.3, 0.4) is 0 Å². The molecule has 2 nitrogen and oxygen atoms in total. The number of carbonyl (C=O) groups excluding carboxylic acids is 1. The van der Waals surface area contributed by atoms with Crippen LogP contribution in [0, 0.1) is 5.41 Å². The van der Waals surface area contributed by atoms with Crippen molar-refractivity contribution in [2.45, 2.75) is 33.1 Å². The molecule has 1 aliphatic heterocycles. The van der Waals surface area contributed by atoms with E-state index in [-0.39, 0.29) is 11.2 Å². The number of Topliss-reactive ketones (excluding diaryl/α,β-unsaturated/α-hetero) is 1. The Hall–Kier alpha value is -2.09. The molecule has 0 spiro atoms. The summed E-state index contributed by atoms with van der Waals surface area (Å²) in [6.45, 7) is 4.27. The highest BCUT2D eigenvalue weighted by atomic mass is 16.5. The van der Waals surface area contributed by atoms with Crippen LogP contribution in [0.25, 0.3) is 10.8 Å². The van der Waals surface area contributed by atoms with Crippen molar-refractivity contribution in [3.05, 3.63) is 53.3 Å². The number of carbonyl (C=O) groups is 1. The number of rotatable bonds is 0. The Morgan fingerprint density at radius 1 is 1.05 bits per heavy atom. The summed E-state index contributed by atoms with van der Waals surface area (Å²) in [6, 6.07) is 12.4. The lowest BCUT2D eigenvalue weighted by atomic mass is 9.74. The van der Waals surface area contributed by atoms with E-state index in [0.29, 0.717) is 12.8 Å². The molecule has 2 aliphatic rings. The van der Waals surface area contributed by atoms with Crippen molar-refractivity contribution in [3.8, 4) is 5.75 Å². The van der Waals surface area contributed by atoms with Gasteiger partial charge in [0.15, 0.2) is 5.78 Å². The molecule has 21 heavy (non-hydrogen) atoms. The summed E-state index contributed by atoms with van der Waals surface area (Å²) >= 11 is 0. The van der Waals surface area contributed by atoms with Crippen LogP contribution in [0.2, 0.25) is 0 Å². The SMILES string of the molecule is CC1(C)CC(=O)C2=C(C1)Oc1ccc3ccccc3c1C2. The molecule has 0 N–H and O–H groups in total. The molecular weight excluding hydrogens is 260 g/mol. The van der Waals surface area contributed by atoms with Gasteiger partial charge in [-0.15, -0.1) is 0 Å². The minimum atomic E-state index is 0.00423. The average molecular weight is 278 g/mol. The first kappa shape index (κ1) is 12.6. The summed E-state index contributed by atoms with van der Waals surface area (Å²) in [7, 11) is 0. The monoisotopic (exact) mass is 278 g/mol. The minimum Gasteiger partial charge on any atom is -0.461 e. The zero-order chi connectivity index (χ0) is 14.6. The maximum atomic E-state index is 12.5. The van der Waals surface area contributed by atoms with Gasteiger partial charge in [0.2, 0.25) is 0 Å². The van der Waals surface area contributed by atoms with Gasteiger partial charge in [-0.1, -0.05) is 44.2 Å². The molecule has 2 heteroatoms. The van der Waals surface area contributed by atoms with Gasteiger partial charge in [0.25, 0.3) is 0 Å². The Bertz CT molecular complexity index is 796. The second-order valence-corrected chi connectivity index (χ2v) is 6.88. The minimum absolute atomic E-state index is 0.00423. The highest BCUT2D eigenvalue weighted by Crippen LogP contribution is 2.44. The Morgan fingerprint density at radius 3 is 2.71 bits per heavy atom. The first-order valence-electron chi connectivity index (χ1n) is 7.47. The van der Waals surface area contributed by atoms with Crippen LogP contribution >= 0.6 is 0 Å². The topological polar surface area (TPSA) is 26.3 Å². The van der Waals surface area contributed by atoms with Crippen molar-refractivity contribution < 1.29 is 9.53 Å². The van der Waals surface area contributed by atoms with Crippen molar-refractivity contribution in [2.75, 3.05) is 0 Å². The fourth-order valence-corrected chi connectivity index (χ4v) is 3.50. The molecule has 0 amide bonds. The van der Waals surface area contributed by atoms with E-state index in [2.05, 4.69) is 32.0 Å². The number of allylic oxidation sites excluding steroid dienone is 2. The van der Waals surface area contributed by atoms with Gasteiger partial charge in [-0.05, 0) is 22.3 Å². The van der Waals surface area contributed by atoms with Crippen LogP contribution in [0.1, 0.15) is 32.3 Å². The van der Waals surface area contributed by atoms with E-state index in [1.165, 1.54) is 10.8 Å². The maximum absolute atomic E-state index is 12.5. The van der Waals surface area contributed by atoms with Gasteiger partial charge in [0.1, 0.15) is 11.5 Å². The van der Waals surface area contributed by atoms with Gasteiger partial charge in [-0.3, -0.25) is 4.79 Å². The lowest BCUT2D eigenvalue weighted by Crippen LogP contribution is -2.30. The van der Waals surface area contributed by atoms with Crippen LogP contribution in [0.4, 0.5) is 0 Å². The molecule has 0 aromatic heterocycles. The maximum Gasteiger partial charge on any atom is 0.163 e. The number of fused-ring (bicyclic) bond motifs is 3. The lowest BCUT2D eigenvalue weighted by molar-refractivity contribution is -0.118. The van der Waals surface area contributed by atoms with E-state index in [0.717, 1.165) is 29.1 Å². The van der Waals surface area contributed by atoms with Crippen LogP contribution in [0.5, 0.6) is 5.75 Å². The summed E-state index contributed by atoms with van der Waals surface area (Å²) in [5, 5.41) is 2.40. The van der Waals surface area contributed by atoms with Crippen LogP contribution < -0.4 is 4.74 Å². The van der Waals surface area contributed by atoms with Crippen LogP contribution in [-0.2, 0) is 11.2 Å². The second kappa shape index (κ2) is 4.20. The predicted molar refractivity (Wildman–Crippen MR) is 83.3 cm³/mol. The number of hydrogen-bond acceptors (Lipinski definition) is 2. The molecule has 0 fully saturated rings. The second-order valence-electron chi connectivity index (χ2n) is 6.88. The lowest BCUT2D eigenvalue weighted by Gasteiger charge is -2.34. The molecule has 4 rings (SSSR count). The first-order valence-corrected chi connectivity index (χ1v) is 7.47. The van der Waals surface area contributed by atoms with Gasteiger partial charge < -0.3 is 4.74 Å². The van der Waals surface area contributed by atoms with Crippen LogP contribution in [-0.4, -0.2) is 5.78 Å². The third-order valence-electron chi connectivity index (χ3n) is 4.54. The van der Waals surface area contributed by atoms with Gasteiger partial charge in [-0.25, -0.2) is 0 Å². The summed E-state index contributed by atoms with van der Waals surface area (Å²) in [5.74, 6) is 2.05.